The molecule has 3 rings (SSSR count). The molecule has 0 aliphatic rings. The molecule has 2 N–H and O–H groups in total. The third kappa shape index (κ3) is 3.65. The standard InChI is InChI=1S/C18H18N4O3/c1-12(13-6-9-19-10-7-13)20-16(23)8-11-22-18(25)15-5-3-2-4-14(15)17(24)21-22/h2-7,9-10,12H,8,11H2,1H3,(H,20,23)(H,21,24). The number of fused-ring (bicyclic) bond motifs is 1. The van der Waals surface area contributed by atoms with Crippen LogP contribution < -0.4 is 16.4 Å². The molecule has 0 saturated heterocycles. The van der Waals surface area contributed by atoms with Crippen molar-refractivity contribution in [1.82, 2.24) is 20.1 Å². The Bertz CT molecular complexity index is 1010. The number of carbonyl (C=O) groups excluding carboxylic acids is 1. The number of H-pyrrole nitrogens is 1. The molecular weight excluding hydrogens is 320 g/mol. The first-order valence-electron chi connectivity index (χ1n) is 7.97. The summed E-state index contributed by atoms with van der Waals surface area (Å²) in [7, 11) is 0. The van der Waals surface area contributed by atoms with Crippen molar-refractivity contribution >= 4 is 16.7 Å². The van der Waals surface area contributed by atoms with E-state index < -0.39 is 0 Å². The molecule has 25 heavy (non-hydrogen) atoms. The van der Waals surface area contributed by atoms with Gasteiger partial charge in [0.05, 0.1) is 23.4 Å². The monoisotopic (exact) mass is 338 g/mol. The van der Waals surface area contributed by atoms with E-state index in [1.54, 1.807) is 36.7 Å². The molecule has 0 radical (unpaired) electrons. The predicted octanol–water partition coefficient (Wildman–Crippen LogP) is 1.35. The van der Waals surface area contributed by atoms with Gasteiger partial charge in [-0.2, -0.15) is 0 Å². The summed E-state index contributed by atoms with van der Waals surface area (Å²) in [6, 6.07) is 10.1. The molecule has 1 aromatic carbocycles. The molecule has 0 fully saturated rings. The van der Waals surface area contributed by atoms with Gasteiger partial charge in [-0.15, -0.1) is 0 Å². The quantitative estimate of drug-likeness (QED) is 0.734. The van der Waals surface area contributed by atoms with Crippen molar-refractivity contribution < 1.29 is 4.79 Å². The van der Waals surface area contributed by atoms with Gasteiger partial charge in [0.1, 0.15) is 0 Å². The van der Waals surface area contributed by atoms with Crippen LogP contribution in [0.5, 0.6) is 0 Å². The van der Waals surface area contributed by atoms with Crippen LogP contribution >= 0.6 is 0 Å². The lowest BCUT2D eigenvalue weighted by Gasteiger charge is -2.14. The van der Waals surface area contributed by atoms with Gasteiger partial charge < -0.3 is 5.32 Å². The first-order valence-corrected chi connectivity index (χ1v) is 7.97. The fourth-order valence-corrected chi connectivity index (χ4v) is 2.67. The van der Waals surface area contributed by atoms with E-state index in [0.29, 0.717) is 10.8 Å². The van der Waals surface area contributed by atoms with Gasteiger partial charge in [-0.3, -0.25) is 24.5 Å². The highest BCUT2D eigenvalue weighted by Crippen LogP contribution is 2.10. The van der Waals surface area contributed by atoms with Crippen molar-refractivity contribution in [3.63, 3.8) is 0 Å². The number of nitrogens with one attached hydrogen (secondary N) is 2. The molecule has 0 aliphatic carbocycles. The average molecular weight is 338 g/mol. The van der Waals surface area contributed by atoms with Crippen LogP contribution in [-0.2, 0) is 11.3 Å². The Morgan fingerprint density at radius 1 is 1.16 bits per heavy atom. The molecule has 1 atom stereocenters. The summed E-state index contributed by atoms with van der Waals surface area (Å²) in [5.41, 5.74) is 0.283. The van der Waals surface area contributed by atoms with E-state index >= 15 is 0 Å². The number of hydrogen-bond acceptors (Lipinski definition) is 4. The van der Waals surface area contributed by atoms with Crippen molar-refractivity contribution in [2.75, 3.05) is 0 Å². The summed E-state index contributed by atoms with van der Waals surface area (Å²) in [6.45, 7) is 1.98. The van der Waals surface area contributed by atoms with E-state index in [1.807, 2.05) is 19.1 Å². The number of aryl methyl sites for hydroxylation is 1. The maximum absolute atomic E-state index is 12.4. The van der Waals surface area contributed by atoms with Gasteiger partial charge in [-0.05, 0) is 36.8 Å². The van der Waals surface area contributed by atoms with Gasteiger partial charge in [0.25, 0.3) is 11.1 Å². The molecule has 0 aliphatic heterocycles. The summed E-state index contributed by atoms with van der Waals surface area (Å²) >= 11 is 0. The predicted molar refractivity (Wildman–Crippen MR) is 94.2 cm³/mol. The van der Waals surface area contributed by atoms with Crippen molar-refractivity contribution in [2.45, 2.75) is 25.9 Å². The Kier molecular flexibility index (Phi) is 4.74. The second kappa shape index (κ2) is 7.12. The number of aromatic nitrogens is 3. The second-order valence-electron chi connectivity index (χ2n) is 5.76. The van der Waals surface area contributed by atoms with Crippen molar-refractivity contribution in [3.8, 4) is 0 Å². The summed E-state index contributed by atoms with van der Waals surface area (Å²) in [5, 5.41) is 6.07. The molecule has 7 nitrogen and oxygen atoms in total. The number of hydrogen-bond donors (Lipinski definition) is 2. The maximum atomic E-state index is 12.4. The molecule has 2 aromatic heterocycles. The van der Waals surface area contributed by atoms with Crippen molar-refractivity contribution in [3.05, 3.63) is 75.1 Å². The smallest absolute Gasteiger partial charge is 0.273 e. The van der Waals surface area contributed by atoms with Crippen LogP contribution in [-0.4, -0.2) is 20.7 Å². The Balaban J connectivity index is 1.70. The second-order valence-corrected chi connectivity index (χ2v) is 5.76. The van der Waals surface area contributed by atoms with Crippen LogP contribution in [0, 0.1) is 0 Å². The Morgan fingerprint density at radius 2 is 1.84 bits per heavy atom. The topological polar surface area (TPSA) is 96.9 Å². The molecule has 0 saturated carbocycles. The third-order valence-electron chi connectivity index (χ3n) is 4.03. The van der Waals surface area contributed by atoms with Crippen LogP contribution in [0.15, 0.2) is 58.4 Å². The van der Waals surface area contributed by atoms with Crippen LogP contribution in [0.2, 0.25) is 0 Å². The zero-order valence-electron chi connectivity index (χ0n) is 13.7. The van der Waals surface area contributed by atoms with Crippen molar-refractivity contribution in [2.24, 2.45) is 0 Å². The fraction of sp³-hybridized carbons (Fsp3) is 0.222. The summed E-state index contributed by atoms with van der Waals surface area (Å²) < 4.78 is 1.18. The van der Waals surface area contributed by atoms with Crippen LogP contribution in [0.3, 0.4) is 0 Å². The Hall–Kier alpha value is -3.22. The third-order valence-corrected chi connectivity index (χ3v) is 4.03. The SMILES string of the molecule is CC(NC(=O)CCn1[nH]c(=O)c2ccccc2c1=O)c1ccncc1. The van der Waals surface area contributed by atoms with E-state index in [4.69, 9.17) is 0 Å². The van der Waals surface area contributed by atoms with E-state index in [2.05, 4.69) is 15.4 Å². The number of rotatable bonds is 5. The van der Waals surface area contributed by atoms with Gasteiger partial charge in [0, 0.05) is 18.8 Å². The maximum Gasteiger partial charge on any atom is 0.273 e. The van der Waals surface area contributed by atoms with Crippen LogP contribution in [0.4, 0.5) is 0 Å². The molecule has 2 heterocycles. The lowest BCUT2D eigenvalue weighted by molar-refractivity contribution is -0.122. The molecule has 128 valence electrons. The summed E-state index contributed by atoms with van der Waals surface area (Å²) in [5.74, 6) is -0.204. The van der Waals surface area contributed by atoms with E-state index in [1.165, 1.54) is 4.68 Å². The van der Waals surface area contributed by atoms with E-state index in [9.17, 15) is 14.4 Å². The number of aromatic amines is 1. The molecular formula is C18H18N4O3. The lowest BCUT2D eigenvalue weighted by Crippen LogP contribution is -2.33. The summed E-state index contributed by atoms with van der Waals surface area (Å²) in [4.78, 5) is 40.5. The van der Waals surface area contributed by atoms with Gasteiger partial charge in [-0.25, -0.2) is 4.68 Å². The molecule has 1 unspecified atom stereocenters. The number of carbonyl (C=O) groups is 1. The Labute approximate surface area is 143 Å². The fourth-order valence-electron chi connectivity index (χ4n) is 2.67. The Morgan fingerprint density at radius 3 is 2.56 bits per heavy atom. The van der Waals surface area contributed by atoms with Crippen molar-refractivity contribution in [1.29, 1.82) is 0 Å². The van der Waals surface area contributed by atoms with Gasteiger partial charge in [0.15, 0.2) is 0 Å². The zero-order valence-corrected chi connectivity index (χ0v) is 13.7. The normalized spacial score (nSPS) is 12.0. The van der Waals surface area contributed by atoms with Gasteiger partial charge >= 0.3 is 0 Å². The highest BCUT2D eigenvalue weighted by atomic mass is 16.2. The zero-order chi connectivity index (χ0) is 17.8. The highest BCUT2D eigenvalue weighted by molar-refractivity contribution is 5.80. The lowest BCUT2D eigenvalue weighted by atomic mass is 10.1. The first-order chi connectivity index (χ1) is 12.1. The number of pyridine rings is 1. The number of nitrogens with zero attached hydrogens (tertiary/aromatic N) is 2. The minimum absolute atomic E-state index is 0.0869. The molecule has 0 bridgehead atoms. The first kappa shape index (κ1) is 16.6. The summed E-state index contributed by atoms with van der Waals surface area (Å²) in [6.07, 6.45) is 3.42. The highest BCUT2D eigenvalue weighted by Gasteiger charge is 2.11. The van der Waals surface area contributed by atoms with Crippen LogP contribution in [0.25, 0.3) is 10.8 Å². The van der Waals surface area contributed by atoms with E-state index in [-0.39, 0.29) is 36.0 Å². The van der Waals surface area contributed by atoms with Gasteiger partial charge in [0.2, 0.25) is 5.91 Å². The molecule has 0 spiro atoms. The van der Waals surface area contributed by atoms with Gasteiger partial charge in [-0.1, -0.05) is 12.1 Å². The van der Waals surface area contributed by atoms with E-state index in [0.717, 1.165) is 5.56 Å². The average Bonchev–Trinajstić information content (AvgIpc) is 2.64. The number of benzene rings is 1. The minimum Gasteiger partial charge on any atom is -0.350 e. The molecule has 3 aromatic rings. The molecule has 7 heteroatoms. The number of amides is 1. The van der Waals surface area contributed by atoms with Crippen LogP contribution in [0.1, 0.15) is 24.9 Å². The largest absolute Gasteiger partial charge is 0.350 e. The molecule has 1 amide bonds. The minimum atomic E-state index is -0.347.